The molecule has 230 valence electrons. The SMILES string of the molecule is CCCOc1ccc(N2C(=O)NC(=O)/C(=C\c3ccc(OCC(=O)Nc4ccccc4C)c(OCC)c3)C2=O)cc1OCC. The molecule has 3 aromatic rings. The topological polar surface area (TPSA) is 132 Å². The van der Waals surface area contributed by atoms with Crippen molar-refractivity contribution in [2.75, 3.05) is 36.6 Å². The van der Waals surface area contributed by atoms with Crippen LogP contribution in [0.4, 0.5) is 16.2 Å². The Morgan fingerprint density at radius 1 is 0.841 bits per heavy atom. The van der Waals surface area contributed by atoms with Crippen molar-refractivity contribution < 1.29 is 38.1 Å². The highest BCUT2D eigenvalue weighted by atomic mass is 16.5. The van der Waals surface area contributed by atoms with Gasteiger partial charge in [0.25, 0.3) is 17.7 Å². The lowest BCUT2D eigenvalue weighted by molar-refractivity contribution is -0.122. The average molecular weight is 602 g/mol. The Morgan fingerprint density at radius 3 is 2.23 bits per heavy atom. The Morgan fingerprint density at radius 2 is 1.52 bits per heavy atom. The number of hydrogen-bond acceptors (Lipinski definition) is 8. The van der Waals surface area contributed by atoms with Gasteiger partial charge in [-0.1, -0.05) is 31.2 Å². The highest BCUT2D eigenvalue weighted by Gasteiger charge is 2.37. The molecule has 3 aromatic carbocycles. The van der Waals surface area contributed by atoms with Crippen LogP contribution in [0, 0.1) is 6.92 Å². The second-order valence-electron chi connectivity index (χ2n) is 9.66. The van der Waals surface area contributed by atoms with Gasteiger partial charge in [0.2, 0.25) is 0 Å². The normalized spacial score (nSPS) is 13.9. The molecule has 1 heterocycles. The quantitative estimate of drug-likeness (QED) is 0.200. The van der Waals surface area contributed by atoms with E-state index in [9.17, 15) is 19.2 Å². The summed E-state index contributed by atoms with van der Waals surface area (Å²) in [4.78, 5) is 52.4. The minimum atomic E-state index is -0.885. The van der Waals surface area contributed by atoms with E-state index >= 15 is 0 Å². The van der Waals surface area contributed by atoms with Gasteiger partial charge in [0, 0.05) is 11.8 Å². The molecule has 44 heavy (non-hydrogen) atoms. The van der Waals surface area contributed by atoms with Crippen LogP contribution in [0.2, 0.25) is 0 Å². The molecule has 11 heteroatoms. The van der Waals surface area contributed by atoms with Crippen molar-refractivity contribution in [1.82, 2.24) is 5.32 Å². The largest absolute Gasteiger partial charge is 0.490 e. The number of nitrogens with one attached hydrogen (secondary N) is 2. The van der Waals surface area contributed by atoms with Crippen LogP contribution in [-0.2, 0) is 14.4 Å². The summed E-state index contributed by atoms with van der Waals surface area (Å²) in [6, 6.07) is 16.0. The van der Waals surface area contributed by atoms with Gasteiger partial charge in [-0.25, -0.2) is 9.69 Å². The van der Waals surface area contributed by atoms with Crippen LogP contribution in [0.25, 0.3) is 6.08 Å². The number of benzene rings is 3. The number of urea groups is 1. The number of nitrogens with zero attached hydrogens (tertiary/aromatic N) is 1. The van der Waals surface area contributed by atoms with Gasteiger partial charge in [-0.05, 0) is 74.7 Å². The highest BCUT2D eigenvalue weighted by molar-refractivity contribution is 6.39. The molecular weight excluding hydrogens is 566 g/mol. The number of hydrogen-bond donors (Lipinski definition) is 2. The second kappa shape index (κ2) is 14.7. The Kier molecular flexibility index (Phi) is 10.6. The van der Waals surface area contributed by atoms with Crippen LogP contribution in [-0.4, -0.2) is 50.2 Å². The zero-order chi connectivity index (χ0) is 31.6. The smallest absolute Gasteiger partial charge is 0.335 e. The number of para-hydroxylation sites is 1. The van der Waals surface area contributed by atoms with Crippen LogP contribution >= 0.6 is 0 Å². The molecule has 1 aliphatic heterocycles. The van der Waals surface area contributed by atoms with Crippen LogP contribution in [0.1, 0.15) is 38.3 Å². The van der Waals surface area contributed by atoms with Crippen molar-refractivity contribution in [2.45, 2.75) is 34.1 Å². The van der Waals surface area contributed by atoms with Crippen molar-refractivity contribution in [2.24, 2.45) is 0 Å². The molecule has 1 fully saturated rings. The van der Waals surface area contributed by atoms with Crippen LogP contribution in [0.5, 0.6) is 23.0 Å². The Balaban J connectivity index is 1.56. The number of aryl methyl sites for hydroxylation is 1. The van der Waals surface area contributed by atoms with Crippen molar-refractivity contribution in [1.29, 1.82) is 0 Å². The van der Waals surface area contributed by atoms with E-state index < -0.39 is 17.8 Å². The summed E-state index contributed by atoms with van der Waals surface area (Å²) < 4.78 is 22.8. The molecule has 5 amide bonds. The summed E-state index contributed by atoms with van der Waals surface area (Å²) in [5.74, 6) is -0.534. The fraction of sp³-hybridized carbons (Fsp3) is 0.273. The number of barbiturate groups is 1. The lowest BCUT2D eigenvalue weighted by Gasteiger charge is -2.27. The molecule has 0 aromatic heterocycles. The molecule has 1 saturated heterocycles. The molecule has 0 aliphatic carbocycles. The minimum absolute atomic E-state index is 0.209. The first-order chi connectivity index (χ1) is 21.2. The monoisotopic (exact) mass is 601 g/mol. The zero-order valence-electron chi connectivity index (χ0n) is 25.1. The third-order valence-electron chi connectivity index (χ3n) is 6.41. The van der Waals surface area contributed by atoms with E-state index in [2.05, 4.69) is 10.6 Å². The van der Waals surface area contributed by atoms with Gasteiger partial charge in [0.15, 0.2) is 29.6 Å². The summed E-state index contributed by atoms with van der Waals surface area (Å²) in [5, 5.41) is 5.03. The molecule has 0 atom stereocenters. The maximum atomic E-state index is 13.5. The maximum absolute atomic E-state index is 13.5. The van der Waals surface area contributed by atoms with Crippen molar-refractivity contribution in [3.63, 3.8) is 0 Å². The standard InChI is InChI=1S/C33H35N3O8/c1-5-16-43-26-15-13-23(19-29(26)42-7-3)36-32(39)24(31(38)35-33(36)40)17-22-12-14-27(28(18-22)41-6-2)44-20-30(37)34-25-11-9-8-10-21(25)4/h8-15,17-19H,5-7,16,20H2,1-4H3,(H,34,37)(H,35,38,40)/b24-17+. The van der Waals surface area contributed by atoms with Gasteiger partial charge in [-0.2, -0.15) is 0 Å². The minimum Gasteiger partial charge on any atom is -0.490 e. The third-order valence-corrected chi connectivity index (χ3v) is 6.41. The van der Waals surface area contributed by atoms with Gasteiger partial charge >= 0.3 is 6.03 Å². The van der Waals surface area contributed by atoms with Crippen molar-refractivity contribution in [3.05, 3.63) is 77.4 Å². The molecule has 0 unspecified atom stereocenters. The summed E-state index contributed by atoms with van der Waals surface area (Å²) in [6.07, 6.45) is 2.15. The number of anilines is 2. The maximum Gasteiger partial charge on any atom is 0.335 e. The molecule has 0 bridgehead atoms. The molecule has 0 spiro atoms. The third kappa shape index (κ3) is 7.54. The van der Waals surface area contributed by atoms with E-state index in [0.717, 1.165) is 16.9 Å². The Hall–Kier alpha value is -5.32. The molecule has 11 nitrogen and oxygen atoms in total. The van der Waals surface area contributed by atoms with Crippen molar-refractivity contribution >= 4 is 41.2 Å². The van der Waals surface area contributed by atoms with Gasteiger partial charge in [-0.15, -0.1) is 0 Å². The first-order valence-corrected chi connectivity index (χ1v) is 14.3. The number of carbonyl (C=O) groups excluding carboxylic acids is 4. The summed E-state index contributed by atoms with van der Waals surface area (Å²) >= 11 is 0. The molecule has 4 rings (SSSR count). The Labute approximate surface area is 255 Å². The molecule has 1 aliphatic rings. The van der Waals surface area contributed by atoms with E-state index in [1.807, 2.05) is 39.0 Å². The van der Waals surface area contributed by atoms with E-state index in [1.165, 1.54) is 12.1 Å². The zero-order valence-corrected chi connectivity index (χ0v) is 25.1. The molecular formula is C33H35N3O8. The predicted octanol–water partition coefficient (Wildman–Crippen LogP) is 5.27. The number of ether oxygens (including phenoxy) is 4. The summed E-state index contributed by atoms with van der Waals surface area (Å²) in [5.41, 5.74) is 1.99. The van der Waals surface area contributed by atoms with E-state index in [4.69, 9.17) is 18.9 Å². The fourth-order valence-electron chi connectivity index (χ4n) is 4.34. The lowest BCUT2D eigenvalue weighted by Crippen LogP contribution is -2.54. The number of rotatable bonds is 13. The molecule has 0 saturated carbocycles. The Bertz CT molecular complexity index is 1580. The molecule has 0 radical (unpaired) electrons. The van der Waals surface area contributed by atoms with Gasteiger partial charge in [-0.3, -0.25) is 19.7 Å². The molecule has 2 N–H and O–H groups in total. The number of imide groups is 2. The fourth-order valence-corrected chi connectivity index (χ4v) is 4.34. The number of amides is 5. The summed E-state index contributed by atoms with van der Waals surface area (Å²) in [7, 11) is 0. The van der Waals surface area contributed by atoms with Crippen LogP contribution < -0.4 is 34.5 Å². The van der Waals surface area contributed by atoms with E-state index in [0.29, 0.717) is 54.1 Å². The predicted molar refractivity (Wildman–Crippen MR) is 165 cm³/mol. The van der Waals surface area contributed by atoms with Gasteiger partial charge < -0.3 is 24.3 Å². The lowest BCUT2D eigenvalue weighted by atomic mass is 10.1. The second-order valence-corrected chi connectivity index (χ2v) is 9.66. The van der Waals surface area contributed by atoms with Gasteiger partial charge in [0.1, 0.15) is 5.57 Å². The number of carbonyl (C=O) groups is 4. The van der Waals surface area contributed by atoms with Crippen molar-refractivity contribution in [3.8, 4) is 23.0 Å². The van der Waals surface area contributed by atoms with E-state index in [-0.39, 0.29) is 23.8 Å². The highest BCUT2D eigenvalue weighted by Crippen LogP contribution is 2.34. The van der Waals surface area contributed by atoms with Gasteiger partial charge in [0.05, 0.1) is 25.5 Å². The first kappa shape index (κ1) is 31.6. The average Bonchev–Trinajstić information content (AvgIpc) is 3.00. The first-order valence-electron chi connectivity index (χ1n) is 14.3. The van der Waals surface area contributed by atoms with Crippen LogP contribution in [0.15, 0.2) is 66.2 Å². The summed E-state index contributed by atoms with van der Waals surface area (Å²) in [6.45, 7) is 8.30. The van der Waals surface area contributed by atoms with Crippen LogP contribution in [0.3, 0.4) is 0 Å². The van der Waals surface area contributed by atoms with E-state index in [1.54, 1.807) is 43.3 Å².